The van der Waals surface area contributed by atoms with Crippen molar-refractivity contribution in [3.63, 3.8) is 0 Å². The highest BCUT2D eigenvalue weighted by Gasteiger charge is 2.35. The highest BCUT2D eigenvalue weighted by atomic mass is 16.8. The summed E-state index contributed by atoms with van der Waals surface area (Å²) in [7, 11) is 1.62. The number of carbonyl (C=O) groups is 5. The van der Waals surface area contributed by atoms with Gasteiger partial charge in [0, 0.05) is 76.4 Å². The summed E-state index contributed by atoms with van der Waals surface area (Å²) in [5.41, 5.74) is 3.94. The summed E-state index contributed by atoms with van der Waals surface area (Å²) in [5, 5.41) is 12.3. The summed E-state index contributed by atoms with van der Waals surface area (Å²) >= 11 is 0. The first-order valence-electron chi connectivity index (χ1n) is 15.8. The van der Waals surface area contributed by atoms with Gasteiger partial charge in [-0.05, 0) is 66.6 Å². The lowest BCUT2D eigenvalue weighted by Crippen LogP contribution is -2.32. The molecular weight excluding hydrogens is 612 g/mol. The zero-order chi connectivity index (χ0) is 33.8. The van der Waals surface area contributed by atoms with E-state index in [4.69, 9.17) is 28.9 Å². The average molecular weight is 655 g/mol. The fourth-order valence-electron chi connectivity index (χ4n) is 5.44. The van der Waals surface area contributed by atoms with Gasteiger partial charge in [0.25, 0.3) is 17.7 Å². The molecule has 1 aliphatic carbocycles. The number of aliphatic hydroxyl groups is 1. The first-order chi connectivity index (χ1) is 22.7. The van der Waals surface area contributed by atoms with Crippen LogP contribution in [0.5, 0.6) is 0 Å². The Morgan fingerprint density at radius 1 is 0.936 bits per heavy atom. The molecule has 2 aromatic rings. The van der Waals surface area contributed by atoms with Crippen LogP contribution in [0.2, 0.25) is 0 Å². The molecule has 13 heteroatoms. The molecule has 0 radical (unpaired) electrons. The van der Waals surface area contributed by atoms with Gasteiger partial charge in [-0.3, -0.25) is 24.0 Å². The first kappa shape index (κ1) is 35.7. The second kappa shape index (κ2) is 17.7. The SMILES string of the molecule is COCCCOCCNC(=O)c1ccc2c(c1)C(COC(=O)ON1C(=O)CCC1=O)c1cc(C(=O)CCCOC(C)CCO)ccc1-2. The van der Waals surface area contributed by atoms with Crippen LogP contribution in [0.15, 0.2) is 36.4 Å². The van der Waals surface area contributed by atoms with Crippen molar-refractivity contribution in [1.82, 2.24) is 10.4 Å². The topological polar surface area (TPSA) is 167 Å². The number of rotatable bonds is 19. The Bertz CT molecular complexity index is 1430. The largest absolute Gasteiger partial charge is 0.533 e. The van der Waals surface area contributed by atoms with Crippen molar-refractivity contribution in [2.75, 3.05) is 53.3 Å². The Balaban J connectivity index is 1.47. The number of hydrogen-bond donors (Lipinski definition) is 2. The molecule has 0 aromatic heterocycles. The summed E-state index contributed by atoms with van der Waals surface area (Å²) in [5.74, 6) is -2.21. The second-order valence-electron chi connectivity index (χ2n) is 11.3. The number of amides is 3. The molecule has 2 aliphatic rings. The number of nitrogens with zero attached hydrogens (tertiary/aromatic N) is 1. The minimum atomic E-state index is -1.22. The molecule has 13 nitrogen and oxygen atoms in total. The standard InChI is InChI=1S/C34H42N2O11/c1-22(12-14-37)45-17-3-5-30(38)23-6-8-25-26-9-7-24(33(41)35-13-18-44-16-4-15-43-2)20-28(26)29(27(25)19-23)21-46-34(42)47-36-31(39)10-11-32(36)40/h6-9,19-20,22,29,37H,3-5,10-18,21H2,1-2H3,(H,35,41). The van der Waals surface area contributed by atoms with Crippen LogP contribution in [-0.2, 0) is 33.4 Å². The van der Waals surface area contributed by atoms with Gasteiger partial charge in [0.05, 0.1) is 12.7 Å². The van der Waals surface area contributed by atoms with Gasteiger partial charge >= 0.3 is 6.16 Å². The molecule has 2 aromatic carbocycles. The van der Waals surface area contributed by atoms with E-state index >= 15 is 0 Å². The molecule has 0 saturated carbocycles. The predicted molar refractivity (Wildman–Crippen MR) is 168 cm³/mol. The number of hydroxylamine groups is 2. The minimum absolute atomic E-state index is 0.0333. The summed E-state index contributed by atoms with van der Waals surface area (Å²) < 4.78 is 21.5. The number of imide groups is 1. The van der Waals surface area contributed by atoms with Gasteiger partial charge in [-0.1, -0.05) is 23.3 Å². The van der Waals surface area contributed by atoms with Crippen molar-refractivity contribution in [2.24, 2.45) is 0 Å². The molecule has 1 saturated heterocycles. The highest BCUT2D eigenvalue weighted by Crippen LogP contribution is 2.46. The van der Waals surface area contributed by atoms with Crippen LogP contribution in [0.4, 0.5) is 4.79 Å². The van der Waals surface area contributed by atoms with Crippen LogP contribution < -0.4 is 5.32 Å². The molecule has 0 bridgehead atoms. The van der Waals surface area contributed by atoms with Gasteiger partial charge in [-0.15, -0.1) is 0 Å². The molecule has 254 valence electrons. The lowest BCUT2D eigenvalue weighted by Gasteiger charge is -2.17. The summed E-state index contributed by atoms with van der Waals surface area (Å²) in [6.45, 7) is 3.82. The number of carbonyl (C=O) groups excluding carboxylic acids is 5. The number of Topliss-reactive ketones (excluding diaryl/α,β-unsaturated/α-hetero) is 1. The van der Waals surface area contributed by atoms with Crippen molar-refractivity contribution in [2.45, 2.75) is 57.5 Å². The number of aliphatic hydroxyl groups excluding tert-OH is 1. The summed E-state index contributed by atoms with van der Waals surface area (Å²) in [6.07, 6.45) is 0.617. The summed E-state index contributed by atoms with van der Waals surface area (Å²) in [6, 6.07) is 10.6. The van der Waals surface area contributed by atoms with E-state index in [0.717, 1.165) is 23.1 Å². The Hall–Kier alpha value is -4.17. The minimum Gasteiger partial charge on any atom is -0.432 e. The van der Waals surface area contributed by atoms with E-state index in [-0.39, 0.29) is 50.3 Å². The fourth-order valence-corrected chi connectivity index (χ4v) is 5.44. The van der Waals surface area contributed by atoms with Crippen molar-refractivity contribution < 1.29 is 52.9 Å². The van der Waals surface area contributed by atoms with Crippen molar-refractivity contribution in [1.29, 1.82) is 0 Å². The molecule has 1 fully saturated rings. The molecule has 2 N–H and O–H groups in total. The van der Waals surface area contributed by atoms with Crippen molar-refractivity contribution >= 4 is 29.7 Å². The van der Waals surface area contributed by atoms with Crippen molar-refractivity contribution in [3.8, 4) is 11.1 Å². The van der Waals surface area contributed by atoms with Gasteiger partial charge in [-0.2, -0.15) is 0 Å². The van der Waals surface area contributed by atoms with Crippen LogP contribution in [0.25, 0.3) is 11.1 Å². The number of fused-ring (bicyclic) bond motifs is 3. The molecule has 2 unspecified atom stereocenters. The van der Waals surface area contributed by atoms with Gasteiger partial charge < -0.3 is 29.4 Å². The van der Waals surface area contributed by atoms with E-state index in [1.807, 2.05) is 19.1 Å². The van der Waals surface area contributed by atoms with Crippen LogP contribution in [0, 0.1) is 0 Å². The quantitative estimate of drug-likeness (QED) is 0.0984. The molecule has 0 spiro atoms. The monoisotopic (exact) mass is 654 g/mol. The molecule has 2 atom stereocenters. The number of ether oxygens (including phenoxy) is 4. The third-order valence-electron chi connectivity index (χ3n) is 7.92. The molecule has 1 heterocycles. The maximum absolute atomic E-state index is 13.1. The fraction of sp³-hybridized carbons (Fsp3) is 0.500. The number of benzene rings is 2. The molecular formula is C34H42N2O11. The van der Waals surface area contributed by atoms with E-state index in [1.54, 1.807) is 31.4 Å². The van der Waals surface area contributed by atoms with E-state index in [0.29, 0.717) is 67.6 Å². The number of nitrogens with one attached hydrogen (secondary N) is 1. The van der Waals surface area contributed by atoms with Gasteiger partial charge in [0.1, 0.15) is 6.61 Å². The third kappa shape index (κ3) is 9.67. The second-order valence-corrected chi connectivity index (χ2v) is 11.3. The van der Waals surface area contributed by atoms with Crippen LogP contribution in [-0.4, -0.2) is 99.2 Å². The van der Waals surface area contributed by atoms with Crippen molar-refractivity contribution in [3.05, 3.63) is 58.7 Å². The number of ketones is 1. The van der Waals surface area contributed by atoms with E-state index in [1.165, 1.54) is 0 Å². The van der Waals surface area contributed by atoms with Gasteiger partial charge in [0.15, 0.2) is 5.78 Å². The van der Waals surface area contributed by atoms with E-state index in [9.17, 15) is 24.0 Å². The molecule has 4 rings (SSSR count). The van der Waals surface area contributed by atoms with Gasteiger partial charge in [-0.25, -0.2) is 4.79 Å². The highest BCUT2D eigenvalue weighted by molar-refractivity contribution is 6.01. The number of methoxy groups -OCH3 is 1. The van der Waals surface area contributed by atoms with Crippen LogP contribution >= 0.6 is 0 Å². The first-order valence-corrected chi connectivity index (χ1v) is 15.8. The Morgan fingerprint density at radius 3 is 2.30 bits per heavy atom. The van der Waals surface area contributed by atoms with Crippen LogP contribution in [0.1, 0.15) is 83.2 Å². The maximum Gasteiger partial charge on any atom is 0.533 e. The lowest BCUT2D eigenvalue weighted by molar-refractivity contribution is -0.177. The Kier molecular flexibility index (Phi) is 13.4. The molecule has 1 aliphatic heterocycles. The normalized spacial score (nSPS) is 15.7. The smallest absolute Gasteiger partial charge is 0.432 e. The molecule has 47 heavy (non-hydrogen) atoms. The predicted octanol–water partition coefficient (Wildman–Crippen LogP) is 3.55. The van der Waals surface area contributed by atoms with Crippen LogP contribution in [0.3, 0.4) is 0 Å². The lowest BCUT2D eigenvalue weighted by atomic mass is 9.94. The zero-order valence-electron chi connectivity index (χ0n) is 26.8. The number of hydrogen-bond acceptors (Lipinski definition) is 11. The summed E-state index contributed by atoms with van der Waals surface area (Å²) in [4.78, 5) is 67.3. The van der Waals surface area contributed by atoms with Gasteiger partial charge in [0.2, 0.25) is 0 Å². The third-order valence-corrected chi connectivity index (χ3v) is 7.92. The average Bonchev–Trinajstić information content (AvgIpc) is 3.55. The van der Waals surface area contributed by atoms with E-state index < -0.39 is 23.9 Å². The molecule has 3 amide bonds. The zero-order valence-corrected chi connectivity index (χ0v) is 26.8. The maximum atomic E-state index is 13.1. The van der Waals surface area contributed by atoms with E-state index in [2.05, 4.69) is 5.32 Å². The Labute approximate surface area is 273 Å². The Morgan fingerprint density at radius 2 is 1.62 bits per heavy atom.